The third-order valence-corrected chi connectivity index (χ3v) is 6.06. The lowest BCUT2D eigenvalue weighted by atomic mass is 10.3. The number of rotatable bonds is 7. The fraction of sp³-hybridized carbons (Fsp3) is 0.500. The summed E-state index contributed by atoms with van der Waals surface area (Å²) in [5.74, 6) is 0. The van der Waals surface area contributed by atoms with E-state index in [1.807, 2.05) is 6.92 Å². The van der Waals surface area contributed by atoms with Crippen molar-refractivity contribution in [2.45, 2.75) is 25.5 Å². The number of sulfonamides is 1. The Hall–Kier alpha value is 0.370. The van der Waals surface area contributed by atoms with Crippen LogP contribution in [-0.2, 0) is 10.0 Å². The Bertz CT molecular complexity index is 541. The van der Waals surface area contributed by atoms with E-state index in [9.17, 15) is 8.42 Å². The van der Waals surface area contributed by atoms with Crippen molar-refractivity contribution in [3.05, 3.63) is 25.6 Å². The summed E-state index contributed by atoms with van der Waals surface area (Å²) in [5, 5.41) is 2.60. The fourth-order valence-corrected chi connectivity index (χ4v) is 5.24. The monoisotopic (exact) mass is 490 g/mol. The van der Waals surface area contributed by atoms with Gasteiger partial charge in [0.2, 0.25) is 10.0 Å². The van der Waals surface area contributed by atoms with Crippen LogP contribution >= 0.6 is 47.8 Å². The van der Waals surface area contributed by atoms with Crippen molar-refractivity contribution >= 4 is 63.5 Å². The van der Waals surface area contributed by atoms with Gasteiger partial charge in [-0.15, -0.1) is 0 Å². The first-order chi connectivity index (χ1) is 9.27. The van der Waals surface area contributed by atoms with Crippen LogP contribution in [-0.4, -0.2) is 26.8 Å². The van der Waals surface area contributed by atoms with Gasteiger partial charge in [0.25, 0.3) is 0 Å². The van der Waals surface area contributed by atoms with Gasteiger partial charge in [0, 0.05) is 20.0 Å². The molecule has 1 rings (SSSR count). The summed E-state index contributed by atoms with van der Waals surface area (Å²) < 4.78 is 29.4. The number of halogens is 3. The molecule has 0 aliphatic heterocycles. The molecule has 0 radical (unpaired) electrons. The molecule has 0 aliphatic rings. The van der Waals surface area contributed by atoms with Crippen LogP contribution in [0.4, 0.5) is 5.69 Å². The third kappa shape index (κ3) is 5.29. The molecular formula is C12H17Br3N2O2S. The van der Waals surface area contributed by atoms with Gasteiger partial charge in [0.15, 0.2) is 0 Å². The van der Waals surface area contributed by atoms with E-state index in [0.717, 1.165) is 17.4 Å². The van der Waals surface area contributed by atoms with E-state index in [-0.39, 0.29) is 0 Å². The van der Waals surface area contributed by atoms with Crippen LogP contribution in [0, 0.1) is 0 Å². The number of benzene rings is 1. The molecule has 0 fully saturated rings. The molecule has 0 bridgehead atoms. The second kappa shape index (κ2) is 8.12. The SMILES string of the molecule is CCCNCC(C)S(=O)(=O)Nc1c(Br)cc(Br)cc1Br. The molecule has 0 saturated heterocycles. The van der Waals surface area contributed by atoms with Gasteiger partial charge >= 0.3 is 0 Å². The summed E-state index contributed by atoms with van der Waals surface area (Å²) >= 11 is 10.1. The summed E-state index contributed by atoms with van der Waals surface area (Å²) in [6.07, 6.45) is 0.976. The van der Waals surface area contributed by atoms with Crippen molar-refractivity contribution in [2.24, 2.45) is 0 Å². The summed E-state index contributed by atoms with van der Waals surface area (Å²) in [6.45, 7) is 4.96. The number of nitrogens with one attached hydrogen (secondary N) is 2. The van der Waals surface area contributed by atoms with Gasteiger partial charge in [0.05, 0.1) is 10.9 Å². The topological polar surface area (TPSA) is 58.2 Å². The summed E-state index contributed by atoms with van der Waals surface area (Å²) in [7, 11) is -3.44. The molecule has 1 atom stereocenters. The lowest BCUT2D eigenvalue weighted by molar-refractivity contribution is 0.575. The van der Waals surface area contributed by atoms with Gasteiger partial charge in [-0.05, 0) is 63.9 Å². The molecule has 0 aromatic heterocycles. The van der Waals surface area contributed by atoms with Crippen molar-refractivity contribution in [1.82, 2.24) is 5.32 Å². The molecule has 0 heterocycles. The zero-order valence-electron chi connectivity index (χ0n) is 11.2. The average molecular weight is 493 g/mol. The highest BCUT2D eigenvalue weighted by atomic mass is 79.9. The molecule has 0 spiro atoms. The molecule has 0 amide bonds. The van der Waals surface area contributed by atoms with Crippen molar-refractivity contribution in [2.75, 3.05) is 17.8 Å². The highest BCUT2D eigenvalue weighted by Gasteiger charge is 2.22. The quantitative estimate of drug-likeness (QED) is 0.563. The summed E-state index contributed by atoms with van der Waals surface area (Å²) in [6, 6.07) is 3.59. The Labute approximate surface area is 145 Å². The van der Waals surface area contributed by atoms with Crippen LogP contribution < -0.4 is 10.0 Å². The highest BCUT2D eigenvalue weighted by molar-refractivity contribution is 9.11. The first kappa shape index (κ1) is 18.4. The second-order valence-corrected chi connectivity index (χ2v) is 9.13. The number of hydrogen-bond acceptors (Lipinski definition) is 3. The van der Waals surface area contributed by atoms with Gasteiger partial charge in [-0.2, -0.15) is 0 Å². The van der Waals surface area contributed by atoms with E-state index in [0.29, 0.717) is 21.2 Å². The first-order valence-electron chi connectivity index (χ1n) is 6.14. The van der Waals surface area contributed by atoms with E-state index in [4.69, 9.17) is 0 Å². The first-order valence-corrected chi connectivity index (χ1v) is 10.1. The Morgan fingerprint density at radius 1 is 1.20 bits per heavy atom. The minimum Gasteiger partial charge on any atom is -0.315 e. The van der Waals surface area contributed by atoms with Crippen molar-refractivity contribution in [3.63, 3.8) is 0 Å². The van der Waals surface area contributed by atoms with Gasteiger partial charge in [-0.3, -0.25) is 4.72 Å². The number of hydrogen-bond donors (Lipinski definition) is 2. The standard InChI is InChI=1S/C12H17Br3N2O2S/c1-3-4-16-7-8(2)20(18,19)17-12-10(14)5-9(13)6-11(12)15/h5-6,8,16-17H,3-4,7H2,1-2H3. The smallest absolute Gasteiger partial charge is 0.236 e. The van der Waals surface area contributed by atoms with Crippen molar-refractivity contribution < 1.29 is 8.42 Å². The van der Waals surface area contributed by atoms with Crippen LogP contribution in [0.5, 0.6) is 0 Å². The Morgan fingerprint density at radius 2 is 1.75 bits per heavy atom. The lowest BCUT2D eigenvalue weighted by Gasteiger charge is -2.17. The third-order valence-electron chi connectivity index (χ3n) is 2.64. The molecule has 0 aliphatic carbocycles. The van der Waals surface area contributed by atoms with E-state index >= 15 is 0 Å². The van der Waals surface area contributed by atoms with Crippen LogP contribution in [0.25, 0.3) is 0 Å². The van der Waals surface area contributed by atoms with Crippen LogP contribution in [0.1, 0.15) is 20.3 Å². The molecule has 0 saturated carbocycles. The normalized spacial score (nSPS) is 13.2. The van der Waals surface area contributed by atoms with E-state index in [1.165, 1.54) is 0 Å². The van der Waals surface area contributed by atoms with Gasteiger partial charge in [0.1, 0.15) is 0 Å². The zero-order valence-corrected chi connectivity index (χ0v) is 16.8. The molecule has 1 aromatic rings. The van der Waals surface area contributed by atoms with Gasteiger partial charge in [-0.25, -0.2) is 8.42 Å². The summed E-state index contributed by atoms with van der Waals surface area (Å²) in [4.78, 5) is 0. The van der Waals surface area contributed by atoms with Gasteiger partial charge < -0.3 is 5.32 Å². The number of anilines is 1. The average Bonchev–Trinajstić information content (AvgIpc) is 2.34. The Morgan fingerprint density at radius 3 is 2.25 bits per heavy atom. The fourth-order valence-electron chi connectivity index (χ4n) is 1.47. The van der Waals surface area contributed by atoms with Crippen LogP contribution in [0.2, 0.25) is 0 Å². The highest BCUT2D eigenvalue weighted by Crippen LogP contribution is 2.35. The van der Waals surface area contributed by atoms with Crippen LogP contribution in [0.15, 0.2) is 25.6 Å². The molecule has 2 N–H and O–H groups in total. The van der Waals surface area contributed by atoms with Crippen molar-refractivity contribution in [1.29, 1.82) is 0 Å². The van der Waals surface area contributed by atoms with E-state index < -0.39 is 15.3 Å². The minimum absolute atomic E-state index is 0.426. The predicted molar refractivity (Wildman–Crippen MR) is 94.7 cm³/mol. The van der Waals surface area contributed by atoms with E-state index in [2.05, 4.69) is 57.8 Å². The van der Waals surface area contributed by atoms with Crippen LogP contribution in [0.3, 0.4) is 0 Å². The molecule has 1 unspecified atom stereocenters. The second-order valence-electron chi connectivity index (χ2n) is 4.41. The predicted octanol–water partition coefficient (Wildman–Crippen LogP) is 4.10. The minimum atomic E-state index is -3.44. The lowest BCUT2D eigenvalue weighted by Crippen LogP contribution is -2.35. The Kier molecular flexibility index (Phi) is 7.48. The van der Waals surface area contributed by atoms with E-state index in [1.54, 1.807) is 19.1 Å². The molecule has 4 nitrogen and oxygen atoms in total. The molecule has 8 heteroatoms. The molecule has 1 aromatic carbocycles. The molecular weight excluding hydrogens is 476 g/mol. The Balaban J connectivity index is 2.86. The molecule has 114 valence electrons. The zero-order chi connectivity index (χ0) is 15.3. The molecule has 20 heavy (non-hydrogen) atoms. The largest absolute Gasteiger partial charge is 0.315 e. The maximum absolute atomic E-state index is 12.3. The van der Waals surface area contributed by atoms with Crippen molar-refractivity contribution in [3.8, 4) is 0 Å². The maximum atomic E-state index is 12.3. The maximum Gasteiger partial charge on any atom is 0.236 e. The summed E-state index contributed by atoms with van der Waals surface area (Å²) in [5.41, 5.74) is 0.510. The van der Waals surface area contributed by atoms with Gasteiger partial charge in [-0.1, -0.05) is 22.9 Å².